The smallest absolute Gasteiger partial charge is 0.311 e. The van der Waals surface area contributed by atoms with Crippen LogP contribution in [0.15, 0.2) is 58.3 Å². The van der Waals surface area contributed by atoms with Crippen molar-refractivity contribution >= 4 is 58.1 Å². The van der Waals surface area contributed by atoms with E-state index in [1.54, 1.807) is 36.6 Å². The Bertz CT molecular complexity index is 1190. The molecule has 0 unspecified atom stereocenters. The Morgan fingerprint density at radius 1 is 1.25 bits per heavy atom. The minimum atomic E-state index is -0.440. The molecule has 0 fully saturated rings. The van der Waals surface area contributed by atoms with Crippen molar-refractivity contribution in [3.63, 3.8) is 0 Å². The molecule has 2 N–H and O–H groups in total. The van der Waals surface area contributed by atoms with Crippen molar-refractivity contribution in [2.24, 2.45) is 4.99 Å². The van der Waals surface area contributed by atoms with E-state index >= 15 is 0 Å². The zero-order valence-electron chi connectivity index (χ0n) is 14.4. The molecule has 0 atom stereocenters. The van der Waals surface area contributed by atoms with E-state index in [0.717, 1.165) is 32.7 Å². The van der Waals surface area contributed by atoms with Gasteiger partial charge in [-0.25, -0.2) is 0 Å². The number of aromatic hydroxyl groups is 1. The molecule has 8 heteroatoms. The molecule has 28 heavy (non-hydrogen) atoms. The number of nitrogens with zero attached hydrogens (tertiary/aromatic N) is 2. The Morgan fingerprint density at radius 3 is 2.89 bits per heavy atom. The summed E-state index contributed by atoms with van der Waals surface area (Å²) in [4.78, 5) is 28.8. The fourth-order valence-corrected chi connectivity index (χ4v) is 3.88. The lowest BCUT2D eigenvalue weighted by molar-refractivity contribution is -0.116. The maximum atomic E-state index is 12.3. The van der Waals surface area contributed by atoms with Gasteiger partial charge in [-0.05, 0) is 30.3 Å². The normalized spacial score (nSPS) is 13.7. The molecule has 1 amide bonds. The summed E-state index contributed by atoms with van der Waals surface area (Å²) in [5.74, 6) is -0.689. The first kappa shape index (κ1) is 18.2. The van der Waals surface area contributed by atoms with Gasteiger partial charge in [0.2, 0.25) is 11.8 Å². The van der Waals surface area contributed by atoms with Crippen LogP contribution in [0.2, 0.25) is 5.02 Å². The van der Waals surface area contributed by atoms with E-state index in [1.165, 1.54) is 0 Å². The number of aliphatic imine (C=N–C) groups is 1. The van der Waals surface area contributed by atoms with Gasteiger partial charge < -0.3 is 10.4 Å². The molecule has 3 aromatic rings. The number of carbonyl (C=O) groups is 1. The van der Waals surface area contributed by atoms with Crippen molar-refractivity contribution < 1.29 is 9.90 Å². The summed E-state index contributed by atoms with van der Waals surface area (Å²) in [6.07, 6.45) is 3.38. The van der Waals surface area contributed by atoms with Crippen molar-refractivity contribution in [1.82, 2.24) is 4.57 Å². The number of fused-ring (bicyclic) bond motifs is 1. The molecular weight excluding hydrogens is 398 g/mol. The number of hydrogen-bond acceptors (Lipinski definition) is 5. The van der Waals surface area contributed by atoms with Crippen LogP contribution in [0, 0.1) is 0 Å². The number of nitrogens with one attached hydrogen (secondary N) is 1. The summed E-state index contributed by atoms with van der Waals surface area (Å²) in [6.45, 7) is -0.304. The van der Waals surface area contributed by atoms with E-state index in [1.807, 2.05) is 24.3 Å². The fraction of sp³-hybridized carbons (Fsp3) is 0.0500. The number of anilines is 1. The second-order valence-corrected chi connectivity index (χ2v) is 7.51. The average Bonchev–Trinajstić information content (AvgIpc) is 3.18. The SMILES string of the molecule is O=C(Cn1c(O)c(C=C2C=Nc3ccccc32)sc1=O)Nc1cccc(Cl)c1. The zero-order valence-corrected chi connectivity index (χ0v) is 16.0. The van der Waals surface area contributed by atoms with E-state index in [2.05, 4.69) is 10.3 Å². The predicted molar refractivity (Wildman–Crippen MR) is 113 cm³/mol. The molecule has 0 saturated heterocycles. The fourth-order valence-electron chi connectivity index (χ4n) is 2.85. The van der Waals surface area contributed by atoms with Gasteiger partial charge >= 0.3 is 4.87 Å². The van der Waals surface area contributed by atoms with Gasteiger partial charge in [0.15, 0.2) is 0 Å². The Morgan fingerprint density at radius 2 is 2.07 bits per heavy atom. The second kappa shape index (κ2) is 7.46. The van der Waals surface area contributed by atoms with Gasteiger partial charge in [0.05, 0.1) is 10.6 Å². The summed E-state index contributed by atoms with van der Waals surface area (Å²) in [5, 5.41) is 13.6. The van der Waals surface area contributed by atoms with Crippen LogP contribution in [-0.4, -0.2) is 21.8 Å². The van der Waals surface area contributed by atoms with Crippen LogP contribution in [0.4, 0.5) is 11.4 Å². The van der Waals surface area contributed by atoms with Crippen molar-refractivity contribution in [2.75, 3.05) is 5.32 Å². The highest BCUT2D eigenvalue weighted by Crippen LogP contribution is 2.34. The molecule has 1 aliphatic heterocycles. The van der Waals surface area contributed by atoms with Crippen LogP contribution in [0.3, 0.4) is 0 Å². The largest absolute Gasteiger partial charge is 0.493 e. The van der Waals surface area contributed by atoms with Gasteiger partial charge in [-0.1, -0.05) is 47.2 Å². The quantitative estimate of drug-likeness (QED) is 0.676. The molecule has 0 spiro atoms. The van der Waals surface area contributed by atoms with Crippen LogP contribution in [0.5, 0.6) is 5.88 Å². The molecule has 0 saturated carbocycles. The predicted octanol–water partition coefficient (Wildman–Crippen LogP) is 4.16. The first-order valence-electron chi connectivity index (χ1n) is 8.34. The molecule has 1 aromatic heterocycles. The number of carbonyl (C=O) groups excluding carboxylic acids is 1. The molecule has 1 aliphatic rings. The minimum absolute atomic E-state index is 0.249. The Hall–Kier alpha value is -3.16. The maximum absolute atomic E-state index is 12.3. The number of benzene rings is 2. The first-order valence-corrected chi connectivity index (χ1v) is 9.54. The van der Waals surface area contributed by atoms with Gasteiger partial charge in [0.1, 0.15) is 6.54 Å². The van der Waals surface area contributed by atoms with Crippen LogP contribution in [0.25, 0.3) is 11.6 Å². The number of allylic oxidation sites excluding steroid dienone is 1. The standard InChI is InChI=1S/C20H14ClN3O3S/c21-13-4-3-5-14(9-13)23-18(25)11-24-19(26)17(28-20(24)27)8-12-10-22-16-7-2-1-6-15(12)16/h1-10,26H,11H2,(H,23,25). The van der Waals surface area contributed by atoms with E-state index in [9.17, 15) is 14.7 Å². The van der Waals surface area contributed by atoms with E-state index in [0.29, 0.717) is 15.6 Å². The number of hydrogen-bond donors (Lipinski definition) is 2. The lowest BCUT2D eigenvalue weighted by atomic mass is 10.1. The molecule has 140 valence electrons. The van der Waals surface area contributed by atoms with Gasteiger partial charge in [0.25, 0.3) is 0 Å². The van der Waals surface area contributed by atoms with Crippen molar-refractivity contribution in [3.8, 4) is 5.88 Å². The van der Waals surface area contributed by atoms with Crippen molar-refractivity contribution in [3.05, 3.63) is 73.7 Å². The van der Waals surface area contributed by atoms with Gasteiger partial charge in [-0.15, -0.1) is 0 Å². The first-order chi connectivity index (χ1) is 13.5. The number of rotatable bonds is 4. The van der Waals surface area contributed by atoms with Gasteiger partial charge in [-0.3, -0.25) is 19.1 Å². The molecule has 0 bridgehead atoms. The molecule has 6 nitrogen and oxygen atoms in total. The Kier molecular flexibility index (Phi) is 4.85. The summed E-state index contributed by atoms with van der Waals surface area (Å²) in [7, 11) is 0. The number of aromatic nitrogens is 1. The average molecular weight is 412 g/mol. The topological polar surface area (TPSA) is 83.7 Å². The van der Waals surface area contributed by atoms with Gasteiger partial charge in [0, 0.05) is 28.1 Å². The van der Waals surface area contributed by atoms with Crippen LogP contribution in [0.1, 0.15) is 10.4 Å². The van der Waals surface area contributed by atoms with E-state index < -0.39 is 10.8 Å². The highest BCUT2D eigenvalue weighted by atomic mass is 35.5. The van der Waals surface area contributed by atoms with Crippen LogP contribution >= 0.6 is 22.9 Å². The summed E-state index contributed by atoms with van der Waals surface area (Å²) in [5.41, 5.74) is 3.07. The van der Waals surface area contributed by atoms with E-state index in [-0.39, 0.29) is 12.4 Å². The number of thiazole rings is 1. The summed E-state index contributed by atoms with van der Waals surface area (Å²) in [6, 6.07) is 14.3. The molecule has 2 aromatic carbocycles. The lowest BCUT2D eigenvalue weighted by Gasteiger charge is -2.06. The van der Waals surface area contributed by atoms with Crippen LogP contribution < -0.4 is 10.2 Å². The Labute approximate surface area is 169 Å². The third kappa shape index (κ3) is 3.62. The minimum Gasteiger partial charge on any atom is -0.493 e. The summed E-state index contributed by atoms with van der Waals surface area (Å²) < 4.78 is 1.04. The number of amides is 1. The number of halogens is 1. The van der Waals surface area contributed by atoms with Crippen LogP contribution in [-0.2, 0) is 11.3 Å². The molecule has 0 radical (unpaired) electrons. The monoisotopic (exact) mass is 411 g/mol. The molecule has 2 heterocycles. The van der Waals surface area contributed by atoms with Crippen molar-refractivity contribution in [2.45, 2.75) is 6.54 Å². The third-order valence-corrected chi connectivity index (χ3v) is 5.30. The Balaban J connectivity index is 1.57. The zero-order chi connectivity index (χ0) is 19.7. The molecular formula is C20H14ClN3O3S. The second-order valence-electron chi connectivity index (χ2n) is 6.08. The number of para-hydroxylation sites is 1. The third-order valence-electron chi connectivity index (χ3n) is 4.15. The molecule has 4 rings (SSSR count). The highest BCUT2D eigenvalue weighted by Gasteiger charge is 2.18. The summed E-state index contributed by atoms with van der Waals surface area (Å²) >= 11 is 6.77. The van der Waals surface area contributed by atoms with Gasteiger partial charge in [-0.2, -0.15) is 0 Å². The lowest BCUT2D eigenvalue weighted by Crippen LogP contribution is -2.24. The van der Waals surface area contributed by atoms with E-state index in [4.69, 9.17) is 11.6 Å². The molecule has 0 aliphatic carbocycles. The van der Waals surface area contributed by atoms with Crippen molar-refractivity contribution in [1.29, 1.82) is 0 Å². The maximum Gasteiger partial charge on any atom is 0.311 e. The highest BCUT2D eigenvalue weighted by molar-refractivity contribution is 7.10.